The molecule has 1 saturated heterocycles. The number of ether oxygens (including phenoxy) is 1. The van der Waals surface area contributed by atoms with Crippen molar-refractivity contribution >= 4 is 11.8 Å². The van der Waals surface area contributed by atoms with Gasteiger partial charge in [0.05, 0.1) is 24.8 Å². The molecule has 1 aliphatic rings. The summed E-state index contributed by atoms with van der Waals surface area (Å²) in [6.45, 7) is 5.72. The van der Waals surface area contributed by atoms with Crippen molar-refractivity contribution in [1.29, 1.82) is 0 Å². The summed E-state index contributed by atoms with van der Waals surface area (Å²) in [6.07, 6.45) is -3.65. The molecule has 0 unspecified atom stereocenters. The molecule has 1 aliphatic heterocycles. The van der Waals surface area contributed by atoms with E-state index in [1.165, 1.54) is 17.0 Å². The summed E-state index contributed by atoms with van der Waals surface area (Å²) >= 11 is 0. The van der Waals surface area contributed by atoms with E-state index in [2.05, 4.69) is 13.8 Å². The fraction of sp³-hybridized carbons (Fsp3) is 0.462. The first kappa shape index (κ1) is 25.7. The maximum absolute atomic E-state index is 13.1. The van der Waals surface area contributed by atoms with Gasteiger partial charge in [0, 0.05) is 31.6 Å². The van der Waals surface area contributed by atoms with Crippen LogP contribution < -0.4 is 0 Å². The smallest absolute Gasteiger partial charge is 0.375 e. The Hall–Kier alpha value is -2.87. The quantitative estimate of drug-likeness (QED) is 0.538. The van der Waals surface area contributed by atoms with Crippen LogP contribution in [0.1, 0.15) is 48.2 Å². The van der Waals surface area contributed by atoms with Crippen LogP contribution in [-0.4, -0.2) is 53.9 Å². The lowest BCUT2D eigenvalue weighted by Crippen LogP contribution is -2.45. The molecule has 1 heterocycles. The number of hydrogen-bond donors (Lipinski definition) is 0. The van der Waals surface area contributed by atoms with E-state index in [0.717, 1.165) is 24.1 Å². The normalized spacial score (nSPS) is 16.0. The van der Waals surface area contributed by atoms with Crippen LogP contribution in [0.2, 0.25) is 0 Å². The Bertz CT molecular complexity index is 963. The minimum Gasteiger partial charge on any atom is -0.375 e. The number of carbonyl (C=O) groups is 2. The number of carbonyl (C=O) groups excluding carboxylic acids is 2. The molecule has 1 atom stereocenters. The lowest BCUT2D eigenvalue weighted by atomic mass is 10.0. The first-order valence-corrected chi connectivity index (χ1v) is 11.5. The highest BCUT2D eigenvalue weighted by Crippen LogP contribution is 2.30. The molecule has 0 aliphatic carbocycles. The van der Waals surface area contributed by atoms with Gasteiger partial charge < -0.3 is 14.5 Å². The highest BCUT2D eigenvalue weighted by molar-refractivity contribution is 5.95. The van der Waals surface area contributed by atoms with Gasteiger partial charge in [0.15, 0.2) is 0 Å². The second-order valence-electron chi connectivity index (χ2n) is 8.99. The Balaban J connectivity index is 1.66. The zero-order valence-electron chi connectivity index (χ0n) is 19.6. The van der Waals surface area contributed by atoms with Crippen LogP contribution in [0, 0.1) is 5.92 Å². The second kappa shape index (κ2) is 11.5. The van der Waals surface area contributed by atoms with Crippen molar-refractivity contribution < 1.29 is 27.5 Å². The predicted molar refractivity (Wildman–Crippen MR) is 123 cm³/mol. The lowest BCUT2D eigenvalue weighted by Gasteiger charge is -2.32. The summed E-state index contributed by atoms with van der Waals surface area (Å²) in [6, 6.07) is 14.1. The fourth-order valence-electron chi connectivity index (χ4n) is 4.16. The van der Waals surface area contributed by atoms with Crippen molar-refractivity contribution in [1.82, 2.24) is 9.80 Å². The molecule has 34 heavy (non-hydrogen) atoms. The average molecular weight is 477 g/mol. The number of nitrogens with zero attached hydrogens (tertiary/aromatic N) is 2. The van der Waals surface area contributed by atoms with Gasteiger partial charge in [-0.2, -0.15) is 13.2 Å². The maximum Gasteiger partial charge on any atom is 0.416 e. The van der Waals surface area contributed by atoms with Gasteiger partial charge in [-0.15, -0.1) is 0 Å². The largest absolute Gasteiger partial charge is 0.416 e. The molecule has 0 spiro atoms. The van der Waals surface area contributed by atoms with Crippen LogP contribution in [0.4, 0.5) is 13.2 Å². The summed E-state index contributed by atoms with van der Waals surface area (Å²) in [7, 11) is 0. The SMILES string of the molecule is CC(C)C[C@@H](COCc1ccccc1)N1CCN(C(=O)c2cccc(C(F)(F)F)c2)CCC1=O. The van der Waals surface area contributed by atoms with Crippen molar-refractivity contribution in [2.45, 2.75) is 45.5 Å². The van der Waals surface area contributed by atoms with Gasteiger partial charge in [-0.1, -0.05) is 50.2 Å². The van der Waals surface area contributed by atoms with Crippen LogP contribution in [0.5, 0.6) is 0 Å². The molecule has 2 amide bonds. The molecule has 0 N–H and O–H groups in total. The number of alkyl halides is 3. The van der Waals surface area contributed by atoms with Crippen molar-refractivity contribution in [3.63, 3.8) is 0 Å². The van der Waals surface area contributed by atoms with E-state index in [0.29, 0.717) is 25.7 Å². The Kier molecular flexibility index (Phi) is 8.72. The van der Waals surface area contributed by atoms with E-state index in [1.807, 2.05) is 30.3 Å². The van der Waals surface area contributed by atoms with Gasteiger partial charge in [-0.3, -0.25) is 9.59 Å². The molecule has 0 bridgehead atoms. The van der Waals surface area contributed by atoms with Crippen molar-refractivity contribution in [2.24, 2.45) is 5.92 Å². The molecular weight excluding hydrogens is 445 g/mol. The number of amides is 2. The molecule has 0 aromatic heterocycles. The monoisotopic (exact) mass is 476 g/mol. The third kappa shape index (κ3) is 7.06. The van der Waals surface area contributed by atoms with Crippen molar-refractivity contribution in [2.75, 3.05) is 26.2 Å². The first-order chi connectivity index (χ1) is 16.1. The highest BCUT2D eigenvalue weighted by Gasteiger charge is 2.33. The Morgan fingerprint density at radius 1 is 1.03 bits per heavy atom. The van der Waals surface area contributed by atoms with E-state index in [9.17, 15) is 22.8 Å². The molecule has 5 nitrogen and oxygen atoms in total. The third-order valence-corrected chi connectivity index (χ3v) is 5.86. The summed E-state index contributed by atoms with van der Waals surface area (Å²) in [5.74, 6) is -0.237. The van der Waals surface area contributed by atoms with Gasteiger partial charge in [0.1, 0.15) is 0 Å². The minimum absolute atomic E-state index is 0.0272. The van der Waals surface area contributed by atoms with E-state index in [1.54, 1.807) is 4.90 Å². The van der Waals surface area contributed by atoms with Crippen LogP contribution in [-0.2, 0) is 22.3 Å². The van der Waals surface area contributed by atoms with Crippen molar-refractivity contribution in [3.05, 3.63) is 71.3 Å². The standard InChI is InChI=1S/C26H31F3N2O3/c1-19(2)15-23(18-34-17-20-7-4-3-5-8-20)31-14-13-30(12-11-24(31)32)25(33)21-9-6-10-22(16-21)26(27,28)29/h3-10,16,19,23H,11-15,17-18H2,1-2H3/t23-/m0/s1. The number of benzene rings is 2. The first-order valence-electron chi connectivity index (χ1n) is 11.5. The zero-order valence-corrected chi connectivity index (χ0v) is 19.6. The summed E-state index contributed by atoms with van der Waals surface area (Å²) in [5, 5.41) is 0. The Morgan fingerprint density at radius 2 is 1.76 bits per heavy atom. The number of halogens is 3. The molecule has 2 aromatic carbocycles. The molecule has 1 fully saturated rings. The van der Waals surface area contributed by atoms with E-state index in [-0.39, 0.29) is 37.0 Å². The Labute approximate surface area is 198 Å². The second-order valence-corrected chi connectivity index (χ2v) is 8.99. The lowest BCUT2D eigenvalue weighted by molar-refractivity contribution is -0.137. The molecule has 0 radical (unpaired) electrons. The topological polar surface area (TPSA) is 49.9 Å². The van der Waals surface area contributed by atoms with Crippen LogP contribution in [0.3, 0.4) is 0 Å². The van der Waals surface area contributed by atoms with E-state index in [4.69, 9.17) is 4.74 Å². The molecule has 0 saturated carbocycles. The summed E-state index contributed by atoms with van der Waals surface area (Å²) < 4.78 is 45.1. The van der Waals surface area contributed by atoms with E-state index >= 15 is 0 Å². The van der Waals surface area contributed by atoms with Gasteiger partial charge in [0.2, 0.25) is 5.91 Å². The minimum atomic E-state index is -4.52. The van der Waals surface area contributed by atoms with Gasteiger partial charge >= 0.3 is 6.18 Å². The van der Waals surface area contributed by atoms with Crippen LogP contribution >= 0.6 is 0 Å². The van der Waals surface area contributed by atoms with Gasteiger partial charge in [-0.05, 0) is 36.1 Å². The van der Waals surface area contributed by atoms with Crippen molar-refractivity contribution in [3.8, 4) is 0 Å². The average Bonchev–Trinajstić information content (AvgIpc) is 2.99. The van der Waals surface area contributed by atoms with Crippen LogP contribution in [0.15, 0.2) is 54.6 Å². The Morgan fingerprint density at radius 3 is 2.44 bits per heavy atom. The fourth-order valence-corrected chi connectivity index (χ4v) is 4.16. The summed E-state index contributed by atoms with van der Waals surface area (Å²) in [5.41, 5.74) is 0.157. The number of rotatable bonds is 8. The van der Waals surface area contributed by atoms with Gasteiger partial charge in [-0.25, -0.2) is 0 Å². The summed E-state index contributed by atoms with van der Waals surface area (Å²) in [4.78, 5) is 29.1. The maximum atomic E-state index is 13.1. The zero-order chi connectivity index (χ0) is 24.7. The molecule has 8 heteroatoms. The van der Waals surface area contributed by atoms with E-state index < -0.39 is 17.6 Å². The highest BCUT2D eigenvalue weighted by atomic mass is 19.4. The van der Waals surface area contributed by atoms with Crippen LogP contribution in [0.25, 0.3) is 0 Å². The molecule has 2 aromatic rings. The third-order valence-electron chi connectivity index (χ3n) is 5.86. The molecule has 3 rings (SSSR count). The predicted octanol–water partition coefficient (Wildman–Crippen LogP) is 5.01. The number of hydrogen-bond acceptors (Lipinski definition) is 3. The molecular formula is C26H31F3N2O3. The molecule has 184 valence electrons. The van der Waals surface area contributed by atoms with Gasteiger partial charge in [0.25, 0.3) is 5.91 Å².